The van der Waals surface area contributed by atoms with Crippen molar-refractivity contribution in [3.63, 3.8) is 0 Å². The molecule has 2 N–H and O–H groups in total. The van der Waals surface area contributed by atoms with Crippen LogP contribution in [0.1, 0.15) is 42.9 Å². The van der Waals surface area contributed by atoms with Crippen LogP contribution in [0.15, 0.2) is 24.3 Å². The Morgan fingerprint density at radius 3 is 2.78 bits per heavy atom. The lowest BCUT2D eigenvalue weighted by atomic mass is 9.83. The van der Waals surface area contributed by atoms with Crippen LogP contribution in [0.4, 0.5) is 0 Å². The molecule has 1 atom stereocenters. The highest BCUT2D eigenvalue weighted by Crippen LogP contribution is 2.29. The van der Waals surface area contributed by atoms with E-state index in [2.05, 4.69) is 5.32 Å². The first-order chi connectivity index (χ1) is 8.66. The van der Waals surface area contributed by atoms with Gasteiger partial charge in [0.1, 0.15) is 0 Å². The average molecular weight is 247 g/mol. The quantitative estimate of drug-likeness (QED) is 0.839. The Morgan fingerprint density at radius 1 is 1.44 bits per heavy atom. The van der Waals surface area contributed by atoms with Gasteiger partial charge in [0.2, 0.25) is 5.91 Å². The van der Waals surface area contributed by atoms with Gasteiger partial charge in [-0.1, -0.05) is 30.7 Å². The second-order valence-corrected chi connectivity index (χ2v) is 5.18. The molecule has 0 heterocycles. The van der Waals surface area contributed by atoms with Gasteiger partial charge in [0.15, 0.2) is 0 Å². The predicted molar refractivity (Wildman–Crippen MR) is 71.1 cm³/mol. The van der Waals surface area contributed by atoms with E-state index in [0.29, 0.717) is 18.9 Å². The van der Waals surface area contributed by atoms with E-state index in [1.54, 1.807) is 0 Å². The molecule has 1 aromatic carbocycles. The normalized spacial score (nSPS) is 17.0. The summed E-state index contributed by atoms with van der Waals surface area (Å²) in [5.41, 5.74) is 1.94. The van der Waals surface area contributed by atoms with E-state index in [1.165, 1.54) is 19.3 Å². The third kappa shape index (κ3) is 3.33. The minimum Gasteiger partial charge on any atom is -0.387 e. The molecule has 98 valence electrons. The van der Waals surface area contributed by atoms with Gasteiger partial charge in [-0.15, -0.1) is 0 Å². The van der Waals surface area contributed by atoms with Crippen molar-refractivity contribution in [3.05, 3.63) is 35.4 Å². The van der Waals surface area contributed by atoms with Gasteiger partial charge in [0, 0.05) is 13.0 Å². The molecule has 0 aromatic heterocycles. The molecule has 2 rings (SSSR count). The molecule has 1 aromatic rings. The Hall–Kier alpha value is -1.35. The molecule has 0 bridgehead atoms. The zero-order valence-electron chi connectivity index (χ0n) is 10.9. The summed E-state index contributed by atoms with van der Waals surface area (Å²) >= 11 is 0. The van der Waals surface area contributed by atoms with Crippen LogP contribution >= 0.6 is 0 Å². The molecule has 1 amide bonds. The Morgan fingerprint density at radius 2 is 2.17 bits per heavy atom. The molecule has 0 saturated heterocycles. The molecule has 1 aliphatic carbocycles. The highest BCUT2D eigenvalue weighted by Gasteiger charge is 2.21. The summed E-state index contributed by atoms with van der Waals surface area (Å²) in [5, 5.41) is 12.9. The SMILES string of the molecule is Cc1ccccc1C(O)CNC(=O)CC1CCC1. The molecule has 0 spiro atoms. The fourth-order valence-electron chi connectivity index (χ4n) is 2.31. The topological polar surface area (TPSA) is 49.3 Å². The molecule has 0 radical (unpaired) electrons. The second-order valence-electron chi connectivity index (χ2n) is 5.18. The summed E-state index contributed by atoms with van der Waals surface area (Å²) in [6.45, 7) is 2.27. The van der Waals surface area contributed by atoms with Gasteiger partial charge in [-0.05, 0) is 36.8 Å². The van der Waals surface area contributed by atoms with Crippen molar-refractivity contribution < 1.29 is 9.90 Å². The zero-order valence-corrected chi connectivity index (χ0v) is 10.9. The van der Waals surface area contributed by atoms with Crippen molar-refractivity contribution in [1.29, 1.82) is 0 Å². The van der Waals surface area contributed by atoms with Crippen LogP contribution in [-0.4, -0.2) is 17.6 Å². The molecular formula is C15H21NO2. The third-order valence-electron chi connectivity index (χ3n) is 3.74. The molecule has 3 heteroatoms. The average Bonchev–Trinajstić information content (AvgIpc) is 2.31. The van der Waals surface area contributed by atoms with Crippen molar-refractivity contribution in [1.82, 2.24) is 5.32 Å². The van der Waals surface area contributed by atoms with E-state index < -0.39 is 6.10 Å². The van der Waals surface area contributed by atoms with Gasteiger partial charge in [-0.2, -0.15) is 0 Å². The van der Waals surface area contributed by atoms with Crippen molar-refractivity contribution in [2.45, 2.75) is 38.7 Å². The van der Waals surface area contributed by atoms with Gasteiger partial charge in [-0.3, -0.25) is 4.79 Å². The zero-order chi connectivity index (χ0) is 13.0. The molecule has 1 fully saturated rings. The first kappa shape index (κ1) is 13.1. The van der Waals surface area contributed by atoms with Crippen molar-refractivity contribution in [2.24, 2.45) is 5.92 Å². The summed E-state index contributed by atoms with van der Waals surface area (Å²) < 4.78 is 0. The molecule has 1 saturated carbocycles. The Balaban J connectivity index is 1.78. The standard InChI is InChI=1S/C15H21NO2/c1-11-5-2-3-8-13(11)14(17)10-16-15(18)9-12-6-4-7-12/h2-3,5,8,12,14,17H,4,6-7,9-10H2,1H3,(H,16,18). The fourth-order valence-corrected chi connectivity index (χ4v) is 2.31. The van der Waals surface area contributed by atoms with E-state index in [4.69, 9.17) is 0 Å². The van der Waals surface area contributed by atoms with Gasteiger partial charge < -0.3 is 10.4 Å². The summed E-state index contributed by atoms with van der Waals surface area (Å²) in [5.74, 6) is 0.632. The lowest BCUT2D eigenvalue weighted by molar-refractivity contribution is -0.123. The van der Waals surface area contributed by atoms with Gasteiger partial charge in [0.05, 0.1) is 6.10 Å². The van der Waals surface area contributed by atoms with Gasteiger partial charge >= 0.3 is 0 Å². The van der Waals surface area contributed by atoms with Crippen LogP contribution in [0.3, 0.4) is 0 Å². The van der Waals surface area contributed by atoms with E-state index in [0.717, 1.165) is 11.1 Å². The maximum absolute atomic E-state index is 11.6. The number of amides is 1. The molecule has 0 aliphatic heterocycles. The molecular weight excluding hydrogens is 226 g/mol. The van der Waals surface area contributed by atoms with E-state index in [1.807, 2.05) is 31.2 Å². The highest BCUT2D eigenvalue weighted by atomic mass is 16.3. The Kier molecular flexibility index (Phi) is 4.37. The number of carbonyl (C=O) groups excluding carboxylic acids is 1. The van der Waals surface area contributed by atoms with Crippen LogP contribution in [0, 0.1) is 12.8 Å². The van der Waals surface area contributed by atoms with Crippen molar-refractivity contribution >= 4 is 5.91 Å². The number of carbonyl (C=O) groups is 1. The monoisotopic (exact) mass is 247 g/mol. The number of nitrogens with one attached hydrogen (secondary N) is 1. The predicted octanol–water partition coefficient (Wildman–Crippen LogP) is 2.33. The summed E-state index contributed by atoms with van der Waals surface area (Å²) in [6.07, 6.45) is 3.60. The van der Waals surface area contributed by atoms with Crippen LogP contribution in [-0.2, 0) is 4.79 Å². The van der Waals surface area contributed by atoms with Crippen LogP contribution in [0.5, 0.6) is 0 Å². The molecule has 18 heavy (non-hydrogen) atoms. The minimum atomic E-state index is -0.614. The third-order valence-corrected chi connectivity index (χ3v) is 3.74. The first-order valence-corrected chi connectivity index (χ1v) is 6.67. The fraction of sp³-hybridized carbons (Fsp3) is 0.533. The number of aliphatic hydroxyl groups is 1. The minimum absolute atomic E-state index is 0.0623. The van der Waals surface area contributed by atoms with Crippen LogP contribution in [0.2, 0.25) is 0 Å². The van der Waals surface area contributed by atoms with Crippen LogP contribution < -0.4 is 5.32 Å². The van der Waals surface area contributed by atoms with Gasteiger partial charge in [0.25, 0.3) is 0 Å². The van der Waals surface area contributed by atoms with E-state index in [-0.39, 0.29) is 5.91 Å². The summed E-state index contributed by atoms with van der Waals surface area (Å²) in [6, 6.07) is 7.72. The van der Waals surface area contributed by atoms with E-state index in [9.17, 15) is 9.90 Å². The Labute approximate surface area is 108 Å². The Bertz CT molecular complexity index is 413. The number of hydrogen-bond acceptors (Lipinski definition) is 2. The summed E-state index contributed by atoms with van der Waals surface area (Å²) in [4.78, 5) is 11.6. The maximum atomic E-state index is 11.6. The van der Waals surface area contributed by atoms with Crippen molar-refractivity contribution in [3.8, 4) is 0 Å². The summed E-state index contributed by atoms with van der Waals surface area (Å²) in [7, 11) is 0. The molecule has 1 unspecified atom stereocenters. The second kappa shape index (κ2) is 6.01. The van der Waals surface area contributed by atoms with Gasteiger partial charge in [-0.25, -0.2) is 0 Å². The maximum Gasteiger partial charge on any atom is 0.220 e. The number of aryl methyl sites for hydroxylation is 1. The first-order valence-electron chi connectivity index (χ1n) is 6.67. The number of benzene rings is 1. The molecule has 3 nitrogen and oxygen atoms in total. The smallest absolute Gasteiger partial charge is 0.220 e. The number of hydrogen-bond donors (Lipinski definition) is 2. The molecule has 1 aliphatic rings. The van der Waals surface area contributed by atoms with Crippen LogP contribution in [0.25, 0.3) is 0 Å². The largest absolute Gasteiger partial charge is 0.387 e. The number of aliphatic hydroxyl groups excluding tert-OH is 1. The lowest BCUT2D eigenvalue weighted by Gasteiger charge is -2.24. The van der Waals surface area contributed by atoms with Crippen molar-refractivity contribution in [2.75, 3.05) is 6.54 Å². The highest BCUT2D eigenvalue weighted by molar-refractivity contribution is 5.76. The van der Waals surface area contributed by atoms with E-state index >= 15 is 0 Å². The number of rotatable bonds is 5. The lowest BCUT2D eigenvalue weighted by Crippen LogP contribution is -2.31.